The van der Waals surface area contributed by atoms with E-state index in [1.54, 1.807) is 50.6 Å². The number of hydrogen-bond donors (Lipinski definition) is 2. The molecular formula is C19H18N4O3. The summed E-state index contributed by atoms with van der Waals surface area (Å²) in [6.07, 6.45) is 0. The number of rotatable bonds is 6. The van der Waals surface area contributed by atoms with Gasteiger partial charge in [-0.15, -0.1) is 10.2 Å². The summed E-state index contributed by atoms with van der Waals surface area (Å²) >= 11 is 0. The smallest absolute Gasteiger partial charge is 0.276 e. The van der Waals surface area contributed by atoms with Gasteiger partial charge in [-0.05, 0) is 48.5 Å². The van der Waals surface area contributed by atoms with Gasteiger partial charge in [-0.25, -0.2) is 0 Å². The Bertz CT molecular complexity index is 880. The fraction of sp³-hybridized carbons (Fsp3) is 0.105. The summed E-state index contributed by atoms with van der Waals surface area (Å²) in [6.45, 7) is 0. The van der Waals surface area contributed by atoms with E-state index in [4.69, 9.17) is 9.47 Å². The van der Waals surface area contributed by atoms with Gasteiger partial charge in [-0.2, -0.15) is 0 Å². The molecule has 132 valence electrons. The van der Waals surface area contributed by atoms with Crippen LogP contribution in [0.1, 0.15) is 10.5 Å². The second kappa shape index (κ2) is 7.98. The molecule has 7 nitrogen and oxygen atoms in total. The number of carbonyl (C=O) groups is 1. The molecule has 0 bridgehead atoms. The summed E-state index contributed by atoms with van der Waals surface area (Å²) in [4.78, 5) is 12.3. The molecule has 0 radical (unpaired) electrons. The highest BCUT2D eigenvalue weighted by molar-refractivity contribution is 6.02. The monoisotopic (exact) mass is 350 g/mol. The first-order valence-corrected chi connectivity index (χ1v) is 7.89. The van der Waals surface area contributed by atoms with Crippen LogP contribution in [0.3, 0.4) is 0 Å². The SMILES string of the molecule is COc1ccc(NC(=O)c2ccc(Nc3ccccc3OC)nn2)cc1. The highest BCUT2D eigenvalue weighted by atomic mass is 16.5. The molecule has 3 rings (SSSR count). The molecule has 0 unspecified atom stereocenters. The van der Waals surface area contributed by atoms with Crippen molar-refractivity contribution < 1.29 is 14.3 Å². The highest BCUT2D eigenvalue weighted by Crippen LogP contribution is 2.25. The Morgan fingerprint density at radius 1 is 0.885 bits per heavy atom. The van der Waals surface area contributed by atoms with Crippen LogP contribution in [0.4, 0.5) is 17.2 Å². The van der Waals surface area contributed by atoms with Crippen molar-refractivity contribution in [1.82, 2.24) is 10.2 Å². The molecule has 3 aromatic rings. The van der Waals surface area contributed by atoms with Crippen LogP contribution in [-0.4, -0.2) is 30.3 Å². The lowest BCUT2D eigenvalue weighted by atomic mass is 10.2. The van der Waals surface area contributed by atoms with Crippen LogP contribution in [0.2, 0.25) is 0 Å². The van der Waals surface area contributed by atoms with Crippen LogP contribution in [0, 0.1) is 0 Å². The molecule has 1 amide bonds. The van der Waals surface area contributed by atoms with Gasteiger partial charge in [0.15, 0.2) is 11.5 Å². The van der Waals surface area contributed by atoms with Crippen molar-refractivity contribution in [2.24, 2.45) is 0 Å². The fourth-order valence-corrected chi connectivity index (χ4v) is 2.28. The maximum Gasteiger partial charge on any atom is 0.276 e. The molecule has 0 saturated carbocycles. The largest absolute Gasteiger partial charge is 0.497 e. The number of benzene rings is 2. The molecule has 1 aromatic heterocycles. The van der Waals surface area contributed by atoms with Crippen molar-refractivity contribution in [3.8, 4) is 11.5 Å². The van der Waals surface area contributed by atoms with Crippen LogP contribution in [-0.2, 0) is 0 Å². The van der Waals surface area contributed by atoms with E-state index >= 15 is 0 Å². The number of methoxy groups -OCH3 is 2. The number of amides is 1. The van der Waals surface area contributed by atoms with Crippen LogP contribution >= 0.6 is 0 Å². The van der Waals surface area contributed by atoms with Crippen LogP contribution in [0.25, 0.3) is 0 Å². The Morgan fingerprint density at radius 2 is 1.65 bits per heavy atom. The molecule has 0 atom stereocenters. The number of nitrogens with one attached hydrogen (secondary N) is 2. The zero-order valence-corrected chi connectivity index (χ0v) is 14.4. The van der Waals surface area contributed by atoms with Gasteiger partial charge in [-0.1, -0.05) is 12.1 Å². The topological polar surface area (TPSA) is 85.4 Å². The van der Waals surface area contributed by atoms with E-state index in [1.165, 1.54) is 0 Å². The summed E-state index contributed by atoms with van der Waals surface area (Å²) in [5, 5.41) is 13.9. The lowest BCUT2D eigenvalue weighted by molar-refractivity contribution is 0.102. The first-order valence-electron chi connectivity index (χ1n) is 7.89. The third kappa shape index (κ3) is 4.07. The van der Waals surface area contributed by atoms with Crippen LogP contribution < -0.4 is 20.1 Å². The highest BCUT2D eigenvalue weighted by Gasteiger charge is 2.10. The van der Waals surface area contributed by atoms with E-state index in [0.717, 1.165) is 11.4 Å². The predicted molar refractivity (Wildman–Crippen MR) is 99.3 cm³/mol. The molecule has 0 aliphatic rings. The van der Waals surface area contributed by atoms with E-state index in [0.29, 0.717) is 17.3 Å². The van der Waals surface area contributed by atoms with E-state index < -0.39 is 0 Å². The van der Waals surface area contributed by atoms with Gasteiger partial charge in [-0.3, -0.25) is 4.79 Å². The summed E-state index contributed by atoms with van der Waals surface area (Å²) < 4.78 is 10.4. The minimum atomic E-state index is -0.341. The van der Waals surface area contributed by atoms with Crippen molar-refractivity contribution in [1.29, 1.82) is 0 Å². The normalized spacial score (nSPS) is 10.1. The minimum Gasteiger partial charge on any atom is -0.497 e. The maximum atomic E-state index is 12.3. The Hall–Kier alpha value is -3.61. The Kier molecular flexibility index (Phi) is 5.28. The quantitative estimate of drug-likeness (QED) is 0.708. The second-order valence-electron chi connectivity index (χ2n) is 5.31. The summed E-state index contributed by atoms with van der Waals surface area (Å²) in [6, 6.07) is 17.8. The van der Waals surface area contributed by atoms with E-state index in [1.807, 2.05) is 24.3 Å². The van der Waals surface area contributed by atoms with Gasteiger partial charge in [0.2, 0.25) is 0 Å². The number of carbonyl (C=O) groups excluding carboxylic acids is 1. The van der Waals surface area contributed by atoms with E-state index in [9.17, 15) is 4.79 Å². The number of para-hydroxylation sites is 2. The van der Waals surface area contributed by atoms with Crippen LogP contribution in [0.15, 0.2) is 60.7 Å². The molecule has 26 heavy (non-hydrogen) atoms. The Labute approximate surface area is 151 Å². The van der Waals surface area contributed by atoms with E-state index in [-0.39, 0.29) is 11.6 Å². The van der Waals surface area contributed by atoms with Crippen LogP contribution in [0.5, 0.6) is 11.5 Å². The average molecular weight is 350 g/mol. The lowest BCUT2D eigenvalue weighted by Crippen LogP contribution is -2.14. The number of anilines is 3. The Morgan fingerprint density at radius 3 is 2.31 bits per heavy atom. The van der Waals surface area contributed by atoms with Gasteiger partial charge in [0.25, 0.3) is 5.91 Å². The van der Waals surface area contributed by atoms with E-state index in [2.05, 4.69) is 20.8 Å². The molecule has 1 heterocycles. The first-order chi connectivity index (χ1) is 12.7. The fourth-order valence-electron chi connectivity index (χ4n) is 2.28. The third-order valence-corrected chi connectivity index (χ3v) is 3.61. The molecule has 0 spiro atoms. The van der Waals surface area contributed by atoms with Gasteiger partial charge in [0.05, 0.1) is 19.9 Å². The molecule has 0 saturated heterocycles. The summed E-state index contributed by atoms with van der Waals surface area (Å²) in [7, 11) is 3.18. The number of aromatic nitrogens is 2. The van der Waals surface area contributed by atoms with Crippen molar-refractivity contribution in [2.45, 2.75) is 0 Å². The molecule has 0 fully saturated rings. The van der Waals surface area contributed by atoms with Gasteiger partial charge < -0.3 is 20.1 Å². The van der Waals surface area contributed by atoms with Gasteiger partial charge in [0, 0.05) is 5.69 Å². The summed E-state index contributed by atoms with van der Waals surface area (Å²) in [5.74, 6) is 1.58. The number of ether oxygens (including phenoxy) is 2. The summed E-state index contributed by atoms with van der Waals surface area (Å²) in [5.41, 5.74) is 1.62. The molecule has 0 aliphatic heterocycles. The lowest BCUT2D eigenvalue weighted by Gasteiger charge is -2.10. The number of nitrogens with zero attached hydrogens (tertiary/aromatic N) is 2. The van der Waals surface area contributed by atoms with Crippen molar-refractivity contribution in [3.63, 3.8) is 0 Å². The molecule has 2 N–H and O–H groups in total. The standard InChI is InChI=1S/C19H18N4O3/c1-25-14-9-7-13(8-10-14)20-19(24)16-11-12-18(23-22-16)21-15-5-3-4-6-17(15)26-2/h3-12H,1-2H3,(H,20,24)(H,21,23). The number of hydrogen-bond acceptors (Lipinski definition) is 6. The predicted octanol–water partition coefficient (Wildman–Crippen LogP) is 3.49. The van der Waals surface area contributed by atoms with Crippen molar-refractivity contribution in [2.75, 3.05) is 24.9 Å². The molecule has 2 aromatic carbocycles. The zero-order chi connectivity index (χ0) is 18.4. The van der Waals surface area contributed by atoms with Crippen molar-refractivity contribution in [3.05, 3.63) is 66.4 Å². The van der Waals surface area contributed by atoms with Crippen molar-refractivity contribution >= 4 is 23.1 Å². The maximum absolute atomic E-state index is 12.3. The first kappa shape index (κ1) is 17.2. The molecule has 7 heteroatoms. The zero-order valence-electron chi connectivity index (χ0n) is 14.4. The molecule has 0 aliphatic carbocycles. The van der Waals surface area contributed by atoms with Gasteiger partial charge in [0.1, 0.15) is 11.5 Å². The molecular weight excluding hydrogens is 332 g/mol. The average Bonchev–Trinajstić information content (AvgIpc) is 2.69. The minimum absolute atomic E-state index is 0.214. The van der Waals surface area contributed by atoms with Gasteiger partial charge >= 0.3 is 0 Å². The second-order valence-corrected chi connectivity index (χ2v) is 5.31. The Balaban J connectivity index is 1.67. The third-order valence-electron chi connectivity index (χ3n) is 3.61.